The van der Waals surface area contributed by atoms with Gasteiger partial charge in [0, 0.05) is 41.1 Å². The molecule has 0 spiro atoms. The zero-order chi connectivity index (χ0) is 33.7. The van der Waals surface area contributed by atoms with Crippen LogP contribution in [0.25, 0.3) is 39.5 Å². The zero-order valence-corrected chi connectivity index (χ0v) is 27.1. The third-order valence-electron chi connectivity index (χ3n) is 9.48. The average Bonchev–Trinajstić information content (AvgIpc) is 3.52. The smallest absolute Gasteiger partial charge is 0.230 e. The van der Waals surface area contributed by atoms with Crippen molar-refractivity contribution in [2.75, 3.05) is 7.11 Å². The lowest BCUT2D eigenvalue weighted by molar-refractivity contribution is 0.380. The fraction of sp³-hybridized carbons (Fsp3) is 0.122. The molecule has 50 heavy (non-hydrogen) atoms. The number of aromatic nitrogens is 6. The molecule has 0 N–H and O–H groups in total. The lowest BCUT2D eigenvalue weighted by atomic mass is 9.77. The maximum Gasteiger partial charge on any atom is 0.230 e. The molecule has 0 saturated heterocycles. The van der Waals surface area contributed by atoms with Gasteiger partial charge in [0.2, 0.25) is 11.7 Å². The second-order valence-corrected chi connectivity index (χ2v) is 12.5. The molecule has 4 heterocycles. The van der Waals surface area contributed by atoms with Gasteiger partial charge in [-0.1, -0.05) is 96.2 Å². The Morgan fingerprint density at radius 1 is 0.780 bits per heavy atom. The molecule has 244 valence electrons. The van der Waals surface area contributed by atoms with Gasteiger partial charge in [0.25, 0.3) is 0 Å². The van der Waals surface area contributed by atoms with Crippen LogP contribution in [0.5, 0.6) is 5.75 Å². The van der Waals surface area contributed by atoms with Crippen molar-refractivity contribution >= 4 is 5.65 Å². The average molecular weight is 659 g/mol. The molecular formula is C41H31FN6O2. The number of nitrogens with zero attached hydrogens (tertiary/aromatic N) is 6. The summed E-state index contributed by atoms with van der Waals surface area (Å²) in [4.78, 5) is 9.30. The van der Waals surface area contributed by atoms with E-state index in [0.717, 1.165) is 46.3 Å². The molecule has 1 fully saturated rings. The van der Waals surface area contributed by atoms with E-state index in [-0.39, 0.29) is 0 Å². The van der Waals surface area contributed by atoms with E-state index in [1.807, 2.05) is 88.2 Å². The zero-order valence-electron chi connectivity index (χ0n) is 27.1. The fourth-order valence-corrected chi connectivity index (χ4v) is 6.85. The van der Waals surface area contributed by atoms with Gasteiger partial charge in [-0.3, -0.25) is 9.08 Å². The van der Waals surface area contributed by atoms with E-state index in [1.54, 1.807) is 18.3 Å². The first-order valence-electron chi connectivity index (χ1n) is 16.6. The highest BCUT2D eigenvalue weighted by Gasteiger charge is 2.40. The van der Waals surface area contributed by atoms with E-state index in [0.29, 0.717) is 40.3 Å². The van der Waals surface area contributed by atoms with Gasteiger partial charge in [0.1, 0.15) is 34.1 Å². The highest BCUT2D eigenvalue weighted by Crippen LogP contribution is 2.44. The summed E-state index contributed by atoms with van der Waals surface area (Å²) in [6.45, 7) is 0. The molecule has 0 amide bonds. The quantitative estimate of drug-likeness (QED) is 0.144. The summed E-state index contributed by atoms with van der Waals surface area (Å²) < 4.78 is 30.9. The van der Waals surface area contributed by atoms with Crippen LogP contribution >= 0.6 is 0 Å². The number of benzene rings is 4. The Morgan fingerprint density at radius 3 is 2.04 bits per heavy atom. The van der Waals surface area contributed by atoms with Crippen LogP contribution in [0.2, 0.25) is 0 Å². The first-order chi connectivity index (χ1) is 24.6. The second kappa shape index (κ2) is 12.0. The number of pyridine rings is 1. The Hall–Kier alpha value is -6.35. The first-order valence-corrected chi connectivity index (χ1v) is 16.6. The third kappa shape index (κ3) is 4.89. The standard InChI is InChI=1S/C41H31FN6O2/c1-49-32-20-21-33(35(42)23-32)38-34(28-19-22-37-43-24-36(47(37)25-28)39-44-40(50-46-39)27-17-18-27)26-48(45-38)41(29-11-5-2-6-12-29,30-13-7-3-8-14-30)31-15-9-4-10-16-31/h2-16,19-27H,17-18H2,1H3. The van der Waals surface area contributed by atoms with Crippen LogP contribution in [-0.2, 0) is 5.54 Å². The van der Waals surface area contributed by atoms with E-state index >= 15 is 4.39 Å². The van der Waals surface area contributed by atoms with Crippen LogP contribution in [-0.4, -0.2) is 36.4 Å². The number of ether oxygens (including phenoxy) is 1. The molecule has 1 aliphatic carbocycles. The summed E-state index contributed by atoms with van der Waals surface area (Å²) in [6.07, 6.45) is 7.86. The van der Waals surface area contributed by atoms with E-state index in [1.165, 1.54) is 13.2 Å². The Morgan fingerprint density at radius 2 is 1.44 bits per heavy atom. The van der Waals surface area contributed by atoms with Crippen molar-refractivity contribution in [1.29, 1.82) is 0 Å². The maximum absolute atomic E-state index is 16.1. The highest BCUT2D eigenvalue weighted by molar-refractivity contribution is 5.82. The van der Waals surface area contributed by atoms with Crippen molar-refractivity contribution in [3.8, 4) is 39.7 Å². The van der Waals surface area contributed by atoms with Gasteiger partial charge in [0.05, 0.1) is 13.3 Å². The maximum atomic E-state index is 16.1. The number of imidazole rings is 1. The molecule has 9 rings (SSSR count). The molecule has 8 nitrogen and oxygen atoms in total. The van der Waals surface area contributed by atoms with Crippen molar-refractivity contribution in [2.45, 2.75) is 24.3 Å². The normalized spacial score (nSPS) is 13.2. The Balaban J connectivity index is 1.32. The first kappa shape index (κ1) is 29.8. The molecule has 0 bridgehead atoms. The van der Waals surface area contributed by atoms with Crippen molar-refractivity contribution in [3.05, 3.63) is 168 Å². The monoisotopic (exact) mass is 658 g/mol. The fourth-order valence-electron chi connectivity index (χ4n) is 6.85. The number of hydrogen-bond acceptors (Lipinski definition) is 6. The van der Waals surface area contributed by atoms with Crippen molar-refractivity contribution in [1.82, 2.24) is 29.3 Å². The molecule has 0 atom stereocenters. The van der Waals surface area contributed by atoms with Gasteiger partial charge < -0.3 is 9.26 Å². The van der Waals surface area contributed by atoms with E-state index < -0.39 is 11.4 Å². The molecule has 1 saturated carbocycles. The van der Waals surface area contributed by atoms with Gasteiger partial charge in [0.15, 0.2) is 0 Å². The molecule has 8 aromatic rings. The summed E-state index contributed by atoms with van der Waals surface area (Å²) in [5.74, 6) is 1.45. The minimum Gasteiger partial charge on any atom is -0.497 e. The molecular weight excluding hydrogens is 627 g/mol. The highest BCUT2D eigenvalue weighted by atomic mass is 19.1. The lowest BCUT2D eigenvalue weighted by Gasteiger charge is -2.36. The van der Waals surface area contributed by atoms with E-state index in [9.17, 15) is 0 Å². The number of halogens is 1. The van der Waals surface area contributed by atoms with Crippen LogP contribution in [0, 0.1) is 5.82 Å². The van der Waals surface area contributed by atoms with Crippen LogP contribution in [0.4, 0.5) is 4.39 Å². The molecule has 0 aliphatic heterocycles. The summed E-state index contributed by atoms with van der Waals surface area (Å²) in [6, 6.07) is 39.7. The third-order valence-corrected chi connectivity index (χ3v) is 9.48. The topological polar surface area (TPSA) is 83.3 Å². The predicted octanol–water partition coefficient (Wildman–Crippen LogP) is 8.78. The minimum atomic E-state index is -0.909. The molecule has 4 aromatic heterocycles. The van der Waals surface area contributed by atoms with E-state index in [2.05, 4.69) is 51.5 Å². The lowest BCUT2D eigenvalue weighted by Crippen LogP contribution is -2.38. The predicted molar refractivity (Wildman–Crippen MR) is 188 cm³/mol. The summed E-state index contributed by atoms with van der Waals surface area (Å²) >= 11 is 0. The van der Waals surface area contributed by atoms with Crippen LogP contribution < -0.4 is 4.74 Å². The summed E-state index contributed by atoms with van der Waals surface area (Å²) in [5, 5.41) is 9.60. The largest absolute Gasteiger partial charge is 0.497 e. The minimum absolute atomic E-state index is 0.331. The Kier molecular flexibility index (Phi) is 7.12. The van der Waals surface area contributed by atoms with Gasteiger partial charge in [-0.25, -0.2) is 9.37 Å². The van der Waals surface area contributed by atoms with Gasteiger partial charge in [-0.05, 0) is 53.8 Å². The van der Waals surface area contributed by atoms with Crippen LogP contribution in [0.3, 0.4) is 0 Å². The van der Waals surface area contributed by atoms with Gasteiger partial charge in [-0.15, -0.1) is 0 Å². The molecule has 9 heteroatoms. The van der Waals surface area contributed by atoms with Crippen LogP contribution in [0.15, 0.2) is 144 Å². The van der Waals surface area contributed by atoms with Crippen molar-refractivity contribution in [3.63, 3.8) is 0 Å². The molecule has 1 aliphatic rings. The molecule has 0 unspecified atom stereocenters. The number of rotatable bonds is 9. The van der Waals surface area contributed by atoms with Crippen LogP contribution in [0.1, 0.15) is 41.3 Å². The van der Waals surface area contributed by atoms with Gasteiger partial charge in [-0.2, -0.15) is 10.1 Å². The second-order valence-electron chi connectivity index (χ2n) is 12.5. The number of fused-ring (bicyclic) bond motifs is 1. The molecule has 4 aromatic carbocycles. The summed E-state index contributed by atoms with van der Waals surface area (Å²) in [5.41, 5.74) is 5.89. The number of hydrogen-bond donors (Lipinski definition) is 0. The number of methoxy groups -OCH3 is 1. The van der Waals surface area contributed by atoms with Crippen molar-refractivity contribution < 1.29 is 13.7 Å². The SMILES string of the molecule is COc1ccc(-c2nn(C(c3ccccc3)(c3ccccc3)c3ccccc3)cc2-c2ccc3ncc(-c4noc(C5CC5)n4)n3c2)c(F)c1. The van der Waals surface area contributed by atoms with E-state index in [4.69, 9.17) is 14.4 Å². The van der Waals surface area contributed by atoms with Gasteiger partial charge >= 0.3 is 0 Å². The van der Waals surface area contributed by atoms with Crippen molar-refractivity contribution in [2.24, 2.45) is 0 Å². The Bertz CT molecular complexity index is 2350. The Labute approximate surface area is 287 Å². The summed E-state index contributed by atoms with van der Waals surface area (Å²) in [7, 11) is 1.53. The molecule has 0 radical (unpaired) electrons.